The Kier molecular flexibility index (Phi) is 4.57. The summed E-state index contributed by atoms with van der Waals surface area (Å²) in [7, 11) is 0. The van der Waals surface area contributed by atoms with E-state index >= 15 is 0 Å². The van der Waals surface area contributed by atoms with Crippen molar-refractivity contribution in [3.05, 3.63) is 48.0 Å². The van der Waals surface area contributed by atoms with E-state index in [4.69, 9.17) is 9.84 Å². The number of aliphatic carboxylic acids is 1. The van der Waals surface area contributed by atoms with E-state index in [9.17, 15) is 14.0 Å². The molecule has 1 atom stereocenters. The van der Waals surface area contributed by atoms with Gasteiger partial charge in [0, 0.05) is 19.3 Å². The van der Waals surface area contributed by atoms with Crippen molar-refractivity contribution in [2.75, 3.05) is 19.7 Å². The lowest BCUT2D eigenvalue weighted by Crippen LogP contribution is -2.46. The summed E-state index contributed by atoms with van der Waals surface area (Å²) in [5.41, 5.74) is 0.731. The quantitative estimate of drug-likeness (QED) is 0.912. The smallest absolute Gasteiger partial charge is 0.306 e. The predicted molar refractivity (Wildman–Crippen MR) is 81.4 cm³/mol. The second-order valence-electron chi connectivity index (χ2n) is 5.47. The van der Waals surface area contributed by atoms with Gasteiger partial charge in [-0.1, -0.05) is 6.07 Å². The number of halogens is 1. The zero-order chi connectivity index (χ0) is 17.1. The van der Waals surface area contributed by atoms with E-state index in [2.05, 4.69) is 5.10 Å². The molecule has 0 spiro atoms. The van der Waals surface area contributed by atoms with Gasteiger partial charge >= 0.3 is 5.97 Å². The number of rotatable bonds is 4. The highest BCUT2D eigenvalue weighted by Crippen LogP contribution is 2.14. The van der Waals surface area contributed by atoms with E-state index in [0.717, 1.165) is 0 Å². The molecule has 2 aromatic rings. The molecule has 3 rings (SSSR count). The van der Waals surface area contributed by atoms with Crippen LogP contribution in [-0.2, 0) is 9.53 Å². The van der Waals surface area contributed by atoms with Crippen LogP contribution < -0.4 is 0 Å². The average molecular weight is 333 g/mol. The van der Waals surface area contributed by atoms with Gasteiger partial charge in [-0.05, 0) is 24.3 Å². The lowest BCUT2D eigenvalue weighted by Gasteiger charge is -2.31. The molecule has 1 aliphatic rings. The van der Waals surface area contributed by atoms with Gasteiger partial charge in [0.15, 0.2) is 5.69 Å². The van der Waals surface area contributed by atoms with Crippen molar-refractivity contribution in [3.63, 3.8) is 0 Å². The van der Waals surface area contributed by atoms with Gasteiger partial charge in [-0.2, -0.15) is 5.10 Å². The normalized spacial score (nSPS) is 17.7. The molecule has 1 aromatic heterocycles. The van der Waals surface area contributed by atoms with Crippen LogP contribution in [0.5, 0.6) is 0 Å². The van der Waals surface area contributed by atoms with Crippen molar-refractivity contribution in [1.29, 1.82) is 0 Å². The third-order valence-electron chi connectivity index (χ3n) is 3.71. The van der Waals surface area contributed by atoms with Gasteiger partial charge in [-0.3, -0.25) is 9.59 Å². The maximum absolute atomic E-state index is 13.3. The van der Waals surface area contributed by atoms with Crippen molar-refractivity contribution in [2.24, 2.45) is 0 Å². The van der Waals surface area contributed by atoms with Gasteiger partial charge in [0.05, 0.1) is 24.8 Å². The van der Waals surface area contributed by atoms with Crippen LogP contribution in [0.15, 0.2) is 36.5 Å². The van der Waals surface area contributed by atoms with Gasteiger partial charge < -0.3 is 14.7 Å². The minimum atomic E-state index is -0.968. The molecule has 1 N–H and O–H groups in total. The Morgan fingerprint density at radius 1 is 1.38 bits per heavy atom. The maximum Gasteiger partial charge on any atom is 0.306 e. The number of benzene rings is 1. The number of carboxylic acids is 1. The van der Waals surface area contributed by atoms with Crippen LogP contribution >= 0.6 is 0 Å². The minimum Gasteiger partial charge on any atom is -0.481 e. The Hall–Kier alpha value is -2.74. The molecule has 7 nitrogen and oxygen atoms in total. The summed E-state index contributed by atoms with van der Waals surface area (Å²) in [6.07, 6.45) is 0.907. The van der Waals surface area contributed by atoms with Crippen LogP contribution in [0.25, 0.3) is 5.69 Å². The van der Waals surface area contributed by atoms with E-state index in [0.29, 0.717) is 12.2 Å². The van der Waals surface area contributed by atoms with Crippen LogP contribution in [0, 0.1) is 5.82 Å². The first kappa shape index (κ1) is 16.1. The Morgan fingerprint density at radius 2 is 2.21 bits per heavy atom. The highest BCUT2D eigenvalue weighted by atomic mass is 19.1. The summed E-state index contributed by atoms with van der Waals surface area (Å²) in [5, 5.41) is 13.0. The SMILES string of the molecule is O=C(O)C[C@H]1CN(C(=O)c2ccn(-c3cccc(F)c3)n2)CCO1. The van der Waals surface area contributed by atoms with Crippen LogP contribution in [-0.4, -0.2) is 57.5 Å². The zero-order valence-electron chi connectivity index (χ0n) is 12.8. The average Bonchev–Trinajstić information content (AvgIpc) is 3.04. The van der Waals surface area contributed by atoms with Crippen molar-refractivity contribution in [1.82, 2.24) is 14.7 Å². The number of ether oxygens (including phenoxy) is 1. The Morgan fingerprint density at radius 3 is 2.96 bits per heavy atom. The molecule has 0 aliphatic carbocycles. The lowest BCUT2D eigenvalue weighted by atomic mass is 10.2. The number of carbonyl (C=O) groups is 2. The van der Waals surface area contributed by atoms with Crippen molar-refractivity contribution < 1.29 is 23.8 Å². The molecule has 2 heterocycles. The summed E-state index contributed by atoms with van der Waals surface area (Å²) in [6, 6.07) is 7.44. The summed E-state index contributed by atoms with van der Waals surface area (Å²) in [4.78, 5) is 24.8. The summed E-state index contributed by atoms with van der Waals surface area (Å²) in [6.45, 7) is 0.869. The monoisotopic (exact) mass is 333 g/mol. The van der Waals surface area contributed by atoms with Crippen LogP contribution in [0.1, 0.15) is 16.9 Å². The molecule has 1 fully saturated rings. The molecule has 0 radical (unpaired) electrons. The van der Waals surface area contributed by atoms with Gasteiger partial charge in [-0.25, -0.2) is 9.07 Å². The molecular weight excluding hydrogens is 317 g/mol. The minimum absolute atomic E-state index is 0.151. The first-order valence-corrected chi connectivity index (χ1v) is 7.47. The van der Waals surface area contributed by atoms with E-state index in [1.54, 1.807) is 24.4 Å². The summed E-state index contributed by atoms with van der Waals surface area (Å²) in [5.74, 6) is -1.66. The van der Waals surface area contributed by atoms with Gasteiger partial charge in [-0.15, -0.1) is 0 Å². The van der Waals surface area contributed by atoms with E-state index < -0.39 is 12.1 Å². The van der Waals surface area contributed by atoms with Crippen LogP contribution in [0.2, 0.25) is 0 Å². The fourth-order valence-corrected chi connectivity index (χ4v) is 2.58. The molecule has 8 heteroatoms. The number of hydrogen-bond donors (Lipinski definition) is 1. The zero-order valence-corrected chi connectivity index (χ0v) is 12.8. The van der Waals surface area contributed by atoms with Crippen LogP contribution in [0.3, 0.4) is 0 Å². The molecule has 1 aromatic carbocycles. The molecule has 1 amide bonds. The molecule has 0 bridgehead atoms. The first-order chi connectivity index (χ1) is 11.5. The van der Waals surface area contributed by atoms with E-state index in [1.165, 1.54) is 21.7 Å². The molecule has 24 heavy (non-hydrogen) atoms. The predicted octanol–water partition coefficient (Wildman–Crippen LogP) is 1.33. The van der Waals surface area contributed by atoms with E-state index in [-0.39, 0.29) is 37.0 Å². The Bertz CT molecular complexity index is 761. The lowest BCUT2D eigenvalue weighted by molar-refractivity contribution is -0.141. The molecular formula is C16H16FN3O4. The summed E-state index contributed by atoms with van der Waals surface area (Å²) < 4.78 is 20.1. The van der Waals surface area contributed by atoms with E-state index in [1.807, 2.05) is 0 Å². The number of morpholine rings is 1. The van der Waals surface area contributed by atoms with Crippen molar-refractivity contribution in [2.45, 2.75) is 12.5 Å². The largest absolute Gasteiger partial charge is 0.481 e. The molecule has 1 saturated heterocycles. The molecule has 1 aliphatic heterocycles. The third-order valence-corrected chi connectivity index (χ3v) is 3.71. The van der Waals surface area contributed by atoms with Gasteiger partial charge in [0.2, 0.25) is 0 Å². The molecule has 0 unspecified atom stereocenters. The molecule has 126 valence electrons. The maximum atomic E-state index is 13.3. The number of aromatic nitrogens is 2. The fourth-order valence-electron chi connectivity index (χ4n) is 2.58. The second kappa shape index (κ2) is 6.79. The molecule has 0 saturated carbocycles. The topological polar surface area (TPSA) is 84.7 Å². The number of nitrogens with zero attached hydrogens (tertiary/aromatic N) is 3. The number of hydrogen-bond acceptors (Lipinski definition) is 4. The fraction of sp³-hybridized carbons (Fsp3) is 0.312. The highest BCUT2D eigenvalue weighted by molar-refractivity contribution is 5.92. The van der Waals surface area contributed by atoms with Gasteiger partial charge in [0.25, 0.3) is 5.91 Å². The standard InChI is InChI=1S/C16H16FN3O4/c17-11-2-1-3-12(8-11)20-5-4-14(18-20)16(23)19-6-7-24-13(10-19)9-15(21)22/h1-5,8,13H,6-7,9-10H2,(H,21,22)/t13-/m0/s1. The third kappa shape index (κ3) is 3.60. The highest BCUT2D eigenvalue weighted by Gasteiger charge is 2.27. The second-order valence-corrected chi connectivity index (χ2v) is 5.47. The Labute approximate surface area is 137 Å². The summed E-state index contributed by atoms with van der Waals surface area (Å²) >= 11 is 0. The van der Waals surface area contributed by atoms with Crippen molar-refractivity contribution >= 4 is 11.9 Å². The Balaban J connectivity index is 1.72. The number of amides is 1. The number of carbonyl (C=O) groups excluding carboxylic acids is 1. The van der Waals surface area contributed by atoms with Crippen LogP contribution in [0.4, 0.5) is 4.39 Å². The van der Waals surface area contributed by atoms with Gasteiger partial charge in [0.1, 0.15) is 5.82 Å². The van der Waals surface area contributed by atoms with Crippen molar-refractivity contribution in [3.8, 4) is 5.69 Å². The first-order valence-electron chi connectivity index (χ1n) is 7.47. The number of carboxylic acid groups (broad SMARTS) is 1.